The molecule has 1 aromatic carbocycles. The van der Waals surface area contributed by atoms with Crippen molar-refractivity contribution in [2.75, 3.05) is 0 Å². The summed E-state index contributed by atoms with van der Waals surface area (Å²) >= 11 is 6.12. The van der Waals surface area contributed by atoms with E-state index in [4.69, 9.17) is 16.6 Å². The van der Waals surface area contributed by atoms with Gasteiger partial charge in [0.05, 0.1) is 11.7 Å². The molecule has 0 atom stereocenters. The van der Waals surface area contributed by atoms with Crippen molar-refractivity contribution in [1.29, 1.82) is 0 Å². The van der Waals surface area contributed by atoms with E-state index in [1.807, 2.05) is 43.5 Å². The molecule has 0 saturated heterocycles. The molecule has 130 valence electrons. The number of pyridine rings is 2. The van der Waals surface area contributed by atoms with E-state index in [0.29, 0.717) is 17.3 Å². The maximum absolute atomic E-state index is 12.1. The van der Waals surface area contributed by atoms with Crippen molar-refractivity contribution >= 4 is 22.6 Å². The smallest absolute Gasteiger partial charge is 0.253 e. The van der Waals surface area contributed by atoms with E-state index in [2.05, 4.69) is 21.7 Å². The van der Waals surface area contributed by atoms with Crippen LogP contribution in [0.25, 0.3) is 22.4 Å². The van der Waals surface area contributed by atoms with Crippen LogP contribution in [0.3, 0.4) is 0 Å². The Morgan fingerprint density at radius 1 is 1.15 bits per heavy atom. The molecular weight excluding hydrogens is 348 g/mol. The minimum absolute atomic E-state index is 0.0100. The zero-order valence-corrected chi connectivity index (χ0v) is 15.2. The van der Waals surface area contributed by atoms with Gasteiger partial charge >= 0.3 is 0 Å². The number of halogens is 1. The van der Waals surface area contributed by atoms with Gasteiger partial charge in [-0.15, -0.1) is 0 Å². The number of imidazole rings is 1. The molecule has 26 heavy (non-hydrogen) atoms. The molecule has 0 fully saturated rings. The lowest BCUT2D eigenvalue weighted by atomic mass is 10.2. The molecule has 0 bridgehead atoms. The second-order valence-corrected chi connectivity index (χ2v) is 6.72. The highest BCUT2D eigenvalue weighted by Crippen LogP contribution is 2.27. The second-order valence-electron chi connectivity index (χ2n) is 6.33. The first kappa shape index (κ1) is 16.5. The third-order valence-corrected chi connectivity index (χ3v) is 4.61. The van der Waals surface area contributed by atoms with Gasteiger partial charge < -0.3 is 9.13 Å². The summed E-state index contributed by atoms with van der Waals surface area (Å²) in [6.45, 7) is 2.46. The zero-order chi connectivity index (χ0) is 18.3. The summed E-state index contributed by atoms with van der Waals surface area (Å²) in [7, 11) is 1.75. The van der Waals surface area contributed by atoms with E-state index in [1.165, 1.54) is 0 Å². The van der Waals surface area contributed by atoms with Crippen molar-refractivity contribution in [1.82, 2.24) is 19.1 Å². The van der Waals surface area contributed by atoms with Crippen molar-refractivity contribution in [2.45, 2.75) is 13.5 Å². The molecule has 4 rings (SSSR count). The highest BCUT2D eigenvalue weighted by molar-refractivity contribution is 6.30. The Kier molecular flexibility index (Phi) is 4.09. The van der Waals surface area contributed by atoms with E-state index < -0.39 is 0 Å². The Morgan fingerprint density at radius 3 is 2.65 bits per heavy atom. The van der Waals surface area contributed by atoms with Crippen LogP contribution in [0.15, 0.2) is 59.7 Å². The molecule has 0 radical (unpaired) electrons. The standard InChI is InChI=1S/C20H17ClN4O/c1-13-8-15(12-24(2)20(13)26)19-23-16-10-22-18(21)9-17(16)25(19)11-14-6-4-3-5-7-14/h3-10,12H,11H2,1-2H3. The van der Waals surface area contributed by atoms with Crippen molar-refractivity contribution in [2.24, 2.45) is 7.05 Å². The van der Waals surface area contributed by atoms with Crippen LogP contribution in [0, 0.1) is 6.92 Å². The fraction of sp³-hybridized carbons (Fsp3) is 0.150. The van der Waals surface area contributed by atoms with Crippen LogP contribution in [-0.2, 0) is 13.6 Å². The fourth-order valence-corrected chi connectivity index (χ4v) is 3.30. The maximum Gasteiger partial charge on any atom is 0.253 e. The highest BCUT2D eigenvalue weighted by atomic mass is 35.5. The second kappa shape index (κ2) is 6.42. The number of hydrogen-bond donors (Lipinski definition) is 0. The fourth-order valence-electron chi connectivity index (χ4n) is 3.15. The quantitative estimate of drug-likeness (QED) is 0.519. The lowest BCUT2D eigenvalue weighted by Crippen LogP contribution is -2.18. The number of aromatic nitrogens is 4. The summed E-state index contributed by atoms with van der Waals surface area (Å²) in [5.74, 6) is 0.784. The number of rotatable bonds is 3. The molecule has 5 nitrogen and oxygen atoms in total. The zero-order valence-electron chi connectivity index (χ0n) is 14.5. The molecule has 0 aliphatic heterocycles. The summed E-state index contributed by atoms with van der Waals surface area (Å²) in [5.41, 5.74) is 4.39. The first-order valence-electron chi connectivity index (χ1n) is 8.26. The van der Waals surface area contributed by atoms with Gasteiger partial charge in [0.2, 0.25) is 0 Å². The van der Waals surface area contributed by atoms with Gasteiger partial charge in [-0.2, -0.15) is 0 Å². The van der Waals surface area contributed by atoms with Gasteiger partial charge in [0, 0.05) is 37.0 Å². The molecule has 4 aromatic rings. The van der Waals surface area contributed by atoms with E-state index in [0.717, 1.165) is 28.0 Å². The SMILES string of the molecule is Cc1cc(-c2nc3cnc(Cl)cc3n2Cc2ccccc2)cn(C)c1=O. The maximum atomic E-state index is 12.1. The highest BCUT2D eigenvalue weighted by Gasteiger charge is 2.15. The molecule has 0 amide bonds. The Morgan fingerprint density at radius 2 is 1.92 bits per heavy atom. The van der Waals surface area contributed by atoms with Gasteiger partial charge in [0.1, 0.15) is 16.5 Å². The molecule has 0 unspecified atom stereocenters. The summed E-state index contributed by atoms with van der Waals surface area (Å²) in [5, 5.41) is 0.426. The average Bonchev–Trinajstić information content (AvgIpc) is 2.98. The van der Waals surface area contributed by atoms with E-state index in [9.17, 15) is 4.79 Å². The Balaban J connectivity index is 1.97. The van der Waals surface area contributed by atoms with Crippen LogP contribution in [-0.4, -0.2) is 19.1 Å². The van der Waals surface area contributed by atoms with E-state index in [-0.39, 0.29) is 5.56 Å². The third kappa shape index (κ3) is 2.91. The van der Waals surface area contributed by atoms with E-state index >= 15 is 0 Å². The first-order valence-corrected chi connectivity index (χ1v) is 8.64. The van der Waals surface area contributed by atoms with Crippen LogP contribution in [0.5, 0.6) is 0 Å². The van der Waals surface area contributed by atoms with Gasteiger partial charge in [0.25, 0.3) is 5.56 Å². The molecule has 0 aliphatic carbocycles. The number of aryl methyl sites for hydroxylation is 2. The van der Waals surface area contributed by atoms with Gasteiger partial charge in [-0.25, -0.2) is 9.97 Å². The lowest BCUT2D eigenvalue weighted by molar-refractivity contribution is 0.819. The van der Waals surface area contributed by atoms with Crippen molar-refractivity contribution < 1.29 is 0 Å². The number of benzene rings is 1. The first-order chi connectivity index (χ1) is 12.5. The molecule has 6 heteroatoms. The van der Waals surface area contributed by atoms with Crippen LogP contribution >= 0.6 is 11.6 Å². The lowest BCUT2D eigenvalue weighted by Gasteiger charge is -2.11. The van der Waals surface area contributed by atoms with Crippen LogP contribution in [0.2, 0.25) is 5.15 Å². The normalized spacial score (nSPS) is 11.2. The predicted molar refractivity (Wildman–Crippen MR) is 103 cm³/mol. The number of fused-ring (bicyclic) bond motifs is 1. The monoisotopic (exact) mass is 364 g/mol. The summed E-state index contributed by atoms with van der Waals surface area (Å²) < 4.78 is 3.69. The van der Waals surface area contributed by atoms with Crippen LogP contribution < -0.4 is 5.56 Å². The molecule has 0 aliphatic rings. The summed E-state index contributed by atoms with van der Waals surface area (Å²) in [4.78, 5) is 21.0. The predicted octanol–water partition coefficient (Wildman–Crippen LogP) is 3.81. The topological polar surface area (TPSA) is 52.7 Å². The van der Waals surface area contributed by atoms with Crippen LogP contribution in [0.4, 0.5) is 0 Å². The summed E-state index contributed by atoms with van der Waals surface area (Å²) in [6.07, 6.45) is 3.49. The molecule has 0 saturated carbocycles. The van der Waals surface area contributed by atoms with Crippen molar-refractivity contribution in [3.05, 3.63) is 81.5 Å². The minimum Gasteiger partial charge on any atom is -0.319 e. The summed E-state index contributed by atoms with van der Waals surface area (Å²) in [6, 6.07) is 13.9. The van der Waals surface area contributed by atoms with Gasteiger partial charge in [0.15, 0.2) is 0 Å². The molecular formula is C20H17ClN4O. The Bertz CT molecular complexity index is 1140. The van der Waals surface area contributed by atoms with Crippen molar-refractivity contribution in [3.8, 4) is 11.4 Å². The van der Waals surface area contributed by atoms with E-state index in [1.54, 1.807) is 17.8 Å². The number of hydrogen-bond acceptors (Lipinski definition) is 3. The van der Waals surface area contributed by atoms with Crippen LogP contribution in [0.1, 0.15) is 11.1 Å². The average molecular weight is 365 g/mol. The molecule has 3 heterocycles. The Hall–Kier alpha value is -2.92. The van der Waals surface area contributed by atoms with Gasteiger partial charge in [-0.1, -0.05) is 41.9 Å². The minimum atomic E-state index is -0.0100. The Labute approximate surface area is 155 Å². The molecule has 0 N–H and O–H groups in total. The van der Waals surface area contributed by atoms with Gasteiger partial charge in [-0.05, 0) is 18.6 Å². The molecule has 0 spiro atoms. The van der Waals surface area contributed by atoms with Gasteiger partial charge in [-0.3, -0.25) is 4.79 Å². The largest absolute Gasteiger partial charge is 0.319 e. The third-order valence-electron chi connectivity index (χ3n) is 4.41. The number of nitrogens with zero attached hydrogens (tertiary/aromatic N) is 4. The molecule has 3 aromatic heterocycles. The van der Waals surface area contributed by atoms with Crippen molar-refractivity contribution in [3.63, 3.8) is 0 Å².